The predicted molar refractivity (Wildman–Crippen MR) is 68.7 cm³/mol. The molecular formula is C15H9NO4. The highest BCUT2D eigenvalue weighted by atomic mass is 16.7. The van der Waals surface area contributed by atoms with E-state index in [1.165, 1.54) is 6.07 Å². The highest BCUT2D eigenvalue weighted by molar-refractivity contribution is 5.91. The van der Waals surface area contributed by atoms with Gasteiger partial charge in [0.1, 0.15) is 5.75 Å². The molecular weight excluding hydrogens is 258 g/mol. The first-order valence-corrected chi connectivity index (χ1v) is 5.88. The molecule has 3 rings (SSSR count). The van der Waals surface area contributed by atoms with E-state index in [0.717, 1.165) is 0 Å². The molecule has 5 heteroatoms. The zero-order chi connectivity index (χ0) is 13.9. The maximum atomic E-state index is 12.0. The van der Waals surface area contributed by atoms with Crippen molar-refractivity contribution in [1.82, 2.24) is 0 Å². The first-order chi connectivity index (χ1) is 9.76. The lowest BCUT2D eigenvalue weighted by Crippen LogP contribution is -2.08. The van der Waals surface area contributed by atoms with Crippen LogP contribution in [-0.2, 0) is 0 Å². The minimum atomic E-state index is -0.527. The van der Waals surface area contributed by atoms with E-state index in [2.05, 4.69) is 0 Å². The summed E-state index contributed by atoms with van der Waals surface area (Å²) in [4.78, 5) is 12.0. The number of nitrogens with zero attached hydrogens (tertiary/aromatic N) is 1. The van der Waals surface area contributed by atoms with Crippen molar-refractivity contribution in [2.24, 2.45) is 0 Å². The van der Waals surface area contributed by atoms with E-state index >= 15 is 0 Å². The maximum Gasteiger partial charge on any atom is 0.343 e. The summed E-state index contributed by atoms with van der Waals surface area (Å²) in [5.74, 6) is 1.000. The number of hydrogen-bond donors (Lipinski definition) is 0. The molecule has 0 saturated carbocycles. The second-order valence-electron chi connectivity index (χ2n) is 4.10. The number of carbonyl (C=O) groups excluding carboxylic acids is 1. The van der Waals surface area contributed by atoms with Gasteiger partial charge in [-0.3, -0.25) is 0 Å². The number of ether oxygens (including phenoxy) is 3. The van der Waals surface area contributed by atoms with Gasteiger partial charge < -0.3 is 14.2 Å². The maximum absolute atomic E-state index is 12.0. The zero-order valence-electron chi connectivity index (χ0n) is 10.3. The van der Waals surface area contributed by atoms with Gasteiger partial charge in [-0.2, -0.15) is 5.26 Å². The molecule has 0 fully saturated rings. The topological polar surface area (TPSA) is 68.6 Å². The lowest BCUT2D eigenvalue weighted by molar-refractivity contribution is 0.0734. The average molecular weight is 267 g/mol. The van der Waals surface area contributed by atoms with Gasteiger partial charge in [-0.15, -0.1) is 0 Å². The summed E-state index contributed by atoms with van der Waals surface area (Å²) in [6.45, 7) is 0.164. The molecule has 0 aromatic heterocycles. The largest absolute Gasteiger partial charge is 0.454 e. The van der Waals surface area contributed by atoms with Crippen LogP contribution in [0.2, 0.25) is 0 Å². The third-order valence-corrected chi connectivity index (χ3v) is 2.78. The third-order valence-electron chi connectivity index (χ3n) is 2.78. The molecule has 0 unspecified atom stereocenters. The molecule has 1 aliphatic heterocycles. The van der Waals surface area contributed by atoms with Crippen molar-refractivity contribution in [3.05, 3.63) is 53.6 Å². The Balaban J connectivity index is 1.80. The van der Waals surface area contributed by atoms with E-state index in [1.807, 2.05) is 6.07 Å². The van der Waals surface area contributed by atoms with Crippen molar-refractivity contribution >= 4 is 5.97 Å². The fourth-order valence-corrected chi connectivity index (χ4v) is 1.82. The van der Waals surface area contributed by atoms with Crippen LogP contribution in [-0.4, -0.2) is 12.8 Å². The Morgan fingerprint density at radius 2 is 2.00 bits per heavy atom. The van der Waals surface area contributed by atoms with Crippen LogP contribution in [0.1, 0.15) is 15.9 Å². The molecule has 0 bridgehead atoms. The van der Waals surface area contributed by atoms with Crippen LogP contribution in [0.3, 0.4) is 0 Å². The number of fused-ring (bicyclic) bond motifs is 1. The zero-order valence-corrected chi connectivity index (χ0v) is 10.3. The van der Waals surface area contributed by atoms with Gasteiger partial charge in [-0.05, 0) is 30.3 Å². The molecule has 20 heavy (non-hydrogen) atoms. The Hall–Kier alpha value is -3.00. The van der Waals surface area contributed by atoms with Crippen molar-refractivity contribution in [2.75, 3.05) is 6.79 Å². The average Bonchev–Trinajstić information content (AvgIpc) is 2.95. The van der Waals surface area contributed by atoms with Gasteiger partial charge in [0.05, 0.1) is 17.2 Å². The van der Waals surface area contributed by atoms with Gasteiger partial charge in [-0.25, -0.2) is 4.79 Å². The van der Waals surface area contributed by atoms with Crippen molar-refractivity contribution in [3.63, 3.8) is 0 Å². The molecule has 1 aliphatic rings. The van der Waals surface area contributed by atoms with Crippen LogP contribution in [0.25, 0.3) is 0 Å². The molecule has 1 heterocycles. The van der Waals surface area contributed by atoms with Crippen molar-refractivity contribution in [1.29, 1.82) is 5.26 Å². The standard InChI is InChI=1S/C15H9NO4/c16-8-10-2-1-3-11(6-10)15(17)20-12-4-5-13-14(7-12)19-9-18-13/h1-7H,9H2. The summed E-state index contributed by atoms with van der Waals surface area (Å²) in [6, 6.07) is 13.2. The van der Waals surface area contributed by atoms with Crippen molar-refractivity contribution < 1.29 is 19.0 Å². The molecule has 2 aromatic rings. The summed E-state index contributed by atoms with van der Waals surface area (Å²) in [6.07, 6.45) is 0. The minimum Gasteiger partial charge on any atom is -0.454 e. The van der Waals surface area contributed by atoms with Crippen LogP contribution in [0, 0.1) is 11.3 Å². The van der Waals surface area contributed by atoms with E-state index in [4.69, 9.17) is 19.5 Å². The fraction of sp³-hybridized carbons (Fsp3) is 0.0667. The SMILES string of the molecule is N#Cc1cccc(C(=O)Oc2ccc3c(c2)OCO3)c1. The highest BCUT2D eigenvalue weighted by Crippen LogP contribution is 2.35. The van der Waals surface area contributed by atoms with Crippen LogP contribution in [0.4, 0.5) is 0 Å². The lowest BCUT2D eigenvalue weighted by atomic mass is 10.1. The molecule has 98 valence electrons. The second-order valence-corrected chi connectivity index (χ2v) is 4.10. The molecule has 0 saturated heterocycles. The summed E-state index contributed by atoms with van der Waals surface area (Å²) < 4.78 is 15.6. The third kappa shape index (κ3) is 2.27. The Bertz CT molecular complexity index is 718. The van der Waals surface area contributed by atoms with Gasteiger partial charge in [0.25, 0.3) is 0 Å². The quantitative estimate of drug-likeness (QED) is 0.617. The van der Waals surface area contributed by atoms with Gasteiger partial charge in [-0.1, -0.05) is 6.07 Å². The van der Waals surface area contributed by atoms with Crippen LogP contribution in [0.5, 0.6) is 17.2 Å². The number of rotatable bonds is 2. The molecule has 0 atom stereocenters. The molecule has 0 N–H and O–H groups in total. The van der Waals surface area contributed by atoms with Gasteiger partial charge in [0.15, 0.2) is 11.5 Å². The van der Waals surface area contributed by atoms with Crippen LogP contribution >= 0.6 is 0 Å². The molecule has 2 aromatic carbocycles. The lowest BCUT2D eigenvalue weighted by Gasteiger charge is -2.05. The van der Waals surface area contributed by atoms with Gasteiger partial charge in [0, 0.05) is 6.07 Å². The molecule has 0 radical (unpaired) electrons. The number of nitriles is 1. The van der Waals surface area contributed by atoms with E-state index in [-0.39, 0.29) is 6.79 Å². The van der Waals surface area contributed by atoms with Crippen LogP contribution in [0.15, 0.2) is 42.5 Å². The Kier molecular flexibility index (Phi) is 2.98. The summed E-state index contributed by atoms with van der Waals surface area (Å²) >= 11 is 0. The predicted octanol–water partition coefficient (Wildman–Crippen LogP) is 2.51. The number of hydrogen-bond acceptors (Lipinski definition) is 5. The Morgan fingerprint density at radius 3 is 2.85 bits per heavy atom. The molecule has 0 aliphatic carbocycles. The van der Waals surface area contributed by atoms with Gasteiger partial charge in [0.2, 0.25) is 6.79 Å². The first-order valence-electron chi connectivity index (χ1n) is 5.88. The minimum absolute atomic E-state index is 0.164. The van der Waals surface area contributed by atoms with Crippen molar-refractivity contribution in [2.45, 2.75) is 0 Å². The summed E-state index contributed by atoms with van der Waals surface area (Å²) in [5.41, 5.74) is 0.729. The summed E-state index contributed by atoms with van der Waals surface area (Å²) in [7, 11) is 0. The van der Waals surface area contributed by atoms with E-state index < -0.39 is 5.97 Å². The van der Waals surface area contributed by atoms with Gasteiger partial charge >= 0.3 is 5.97 Å². The van der Waals surface area contributed by atoms with E-state index in [0.29, 0.717) is 28.4 Å². The van der Waals surface area contributed by atoms with Crippen LogP contribution < -0.4 is 14.2 Å². The van der Waals surface area contributed by atoms with E-state index in [9.17, 15) is 4.79 Å². The van der Waals surface area contributed by atoms with Crippen molar-refractivity contribution in [3.8, 4) is 23.3 Å². The Morgan fingerprint density at radius 1 is 1.15 bits per heavy atom. The number of benzene rings is 2. The first kappa shape index (κ1) is 12.1. The Labute approximate surface area is 114 Å². The number of carbonyl (C=O) groups is 1. The monoisotopic (exact) mass is 267 g/mol. The molecule has 0 spiro atoms. The normalized spacial score (nSPS) is 11.8. The smallest absolute Gasteiger partial charge is 0.343 e. The highest BCUT2D eigenvalue weighted by Gasteiger charge is 2.16. The second kappa shape index (κ2) is 4.94. The molecule has 5 nitrogen and oxygen atoms in total. The number of esters is 1. The summed E-state index contributed by atoms with van der Waals surface area (Å²) in [5, 5.41) is 8.81. The molecule has 0 amide bonds. The fourth-order valence-electron chi connectivity index (χ4n) is 1.82. The van der Waals surface area contributed by atoms with E-state index in [1.54, 1.807) is 36.4 Å².